The molecule has 0 aliphatic heterocycles. The highest BCUT2D eigenvalue weighted by Crippen LogP contribution is 2.38. The molecular weight excluding hydrogens is 368 g/mol. The number of rotatable bonds is 8. The van der Waals surface area contributed by atoms with Crippen LogP contribution in [0.4, 0.5) is 0 Å². The molecule has 0 saturated heterocycles. The van der Waals surface area contributed by atoms with Gasteiger partial charge in [-0.15, -0.1) is 0 Å². The molecule has 1 heterocycles. The van der Waals surface area contributed by atoms with Crippen molar-refractivity contribution in [3.05, 3.63) is 53.3 Å². The van der Waals surface area contributed by atoms with Crippen LogP contribution in [0.5, 0.6) is 0 Å². The Bertz CT molecular complexity index is 959. The van der Waals surface area contributed by atoms with Gasteiger partial charge in [0.25, 0.3) is 0 Å². The van der Waals surface area contributed by atoms with Gasteiger partial charge in [0.2, 0.25) is 15.8 Å². The number of sulfonamides is 1. The summed E-state index contributed by atoms with van der Waals surface area (Å²) in [7, 11) is -3.80. The number of Topliss-reactive ketones (excluding diaryl/α,β-unsaturated/α-hetero) is 1. The van der Waals surface area contributed by atoms with E-state index in [-0.39, 0.29) is 10.7 Å². The van der Waals surface area contributed by atoms with E-state index in [0.29, 0.717) is 11.6 Å². The molecule has 0 unspecified atom stereocenters. The van der Waals surface area contributed by atoms with E-state index >= 15 is 0 Å². The monoisotopic (exact) mass is 390 g/mol. The lowest BCUT2D eigenvalue weighted by Gasteiger charge is -2.08. The van der Waals surface area contributed by atoms with Crippen molar-refractivity contribution in [2.45, 2.75) is 37.6 Å². The van der Waals surface area contributed by atoms with Gasteiger partial charge < -0.3 is 9.30 Å². The predicted molar refractivity (Wildman–Crippen MR) is 99.1 cm³/mol. The number of hydrogen-bond donors (Lipinski definition) is 1. The molecule has 0 spiro atoms. The van der Waals surface area contributed by atoms with Crippen LogP contribution < -0.4 is 4.72 Å². The van der Waals surface area contributed by atoms with E-state index in [2.05, 4.69) is 9.29 Å². The third-order valence-electron chi connectivity index (χ3n) is 4.52. The smallest absolute Gasteiger partial charge is 0.321 e. The zero-order valence-corrected chi connectivity index (χ0v) is 16.1. The molecule has 1 aromatic carbocycles. The van der Waals surface area contributed by atoms with E-state index in [1.54, 1.807) is 18.2 Å². The van der Waals surface area contributed by atoms with E-state index < -0.39 is 29.1 Å². The summed E-state index contributed by atoms with van der Waals surface area (Å²) in [6.07, 6.45) is 2.22. The largest absolute Gasteiger partial charge is 0.456 e. The average Bonchev–Trinajstić information content (AvgIpc) is 3.43. The molecule has 1 saturated carbocycles. The Morgan fingerprint density at radius 1 is 1.19 bits per heavy atom. The van der Waals surface area contributed by atoms with Gasteiger partial charge in [-0.05, 0) is 44.9 Å². The van der Waals surface area contributed by atoms with E-state index in [4.69, 9.17) is 4.74 Å². The van der Waals surface area contributed by atoms with Gasteiger partial charge in [0.05, 0.1) is 4.90 Å². The molecule has 7 nitrogen and oxygen atoms in total. The third-order valence-corrected chi connectivity index (χ3v) is 5.94. The van der Waals surface area contributed by atoms with Gasteiger partial charge in [-0.3, -0.25) is 9.59 Å². The summed E-state index contributed by atoms with van der Waals surface area (Å²) in [4.78, 5) is 24.3. The lowest BCUT2D eigenvalue weighted by molar-refractivity contribution is -0.141. The highest BCUT2D eigenvalue weighted by molar-refractivity contribution is 7.89. The van der Waals surface area contributed by atoms with Crippen LogP contribution in [0.2, 0.25) is 0 Å². The topological polar surface area (TPSA) is 94.5 Å². The molecule has 3 rings (SSSR count). The van der Waals surface area contributed by atoms with Gasteiger partial charge in [0, 0.05) is 23.0 Å². The Balaban J connectivity index is 1.54. The normalized spacial score (nSPS) is 14.1. The lowest BCUT2D eigenvalue weighted by atomic mass is 10.1. The molecule has 2 aromatic rings. The summed E-state index contributed by atoms with van der Waals surface area (Å²) < 4.78 is 33.4. The van der Waals surface area contributed by atoms with Gasteiger partial charge in [-0.2, -0.15) is 4.72 Å². The first-order valence-electron chi connectivity index (χ1n) is 8.71. The van der Waals surface area contributed by atoms with Crippen LogP contribution in [0.1, 0.15) is 40.6 Å². The molecule has 1 fully saturated rings. The minimum absolute atomic E-state index is 0.0568. The number of aryl methyl sites for hydroxylation is 1. The second-order valence-electron chi connectivity index (χ2n) is 6.61. The van der Waals surface area contributed by atoms with Crippen LogP contribution in [0.25, 0.3) is 0 Å². The molecule has 1 aromatic heterocycles. The third kappa shape index (κ3) is 4.45. The zero-order chi connectivity index (χ0) is 19.6. The van der Waals surface area contributed by atoms with Crippen LogP contribution in [-0.2, 0) is 19.6 Å². The molecular formula is C19H22N2O5S. The molecule has 1 aliphatic carbocycles. The van der Waals surface area contributed by atoms with Crippen molar-refractivity contribution in [1.29, 1.82) is 0 Å². The number of nitrogens with zero attached hydrogens (tertiary/aromatic N) is 1. The van der Waals surface area contributed by atoms with Crippen molar-refractivity contribution in [2.24, 2.45) is 0 Å². The number of esters is 1. The molecule has 27 heavy (non-hydrogen) atoms. The molecule has 144 valence electrons. The minimum Gasteiger partial charge on any atom is -0.456 e. The van der Waals surface area contributed by atoms with Crippen molar-refractivity contribution in [1.82, 2.24) is 9.29 Å². The first-order chi connectivity index (χ1) is 12.8. The number of benzene rings is 1. The van der Waals surface area contributed by atoms with E-state index in [0.717, 1.165) is 24.2 Å². The van der Waals surface area contributed by atoms with Gasteiger partial charge in [-0.1, -0.05) is 18.2 Å². The Morgan fingerprint density at radius 2 is 1.85 bits per heavy atom. The average molecular weight is 390 g/mol. The van der Waals surface area contributed by atoms with Crippen LogP contribution in [-0.4, -0.2) is 37.9 Å². The quantitative estimate of drug-likeness (QED) is 0.550. The Kier molecular flexibility index (Phi) is 5.48. The number of ether oxygens (including phenoxy) is 1. The van der Waals surface area contributed by atoms with Gasteiger partial charge >= 0.3 is 5.97 Å². The Hall–Kier alpha value is -2.45. The van der Waals surface area contributed by atoms with Gasteiger partial charge in [0.1, 0.15) is 6.54 Å². The predicted octanol–water partition coefficient (Wildman–Crippen LogP) is 2.14. The number of carbonyl (C=O) groups is 2. The first-order valence-corrected chi connectivity index (χ1v) is 10.2. The summed E-state index contributed by atoms with van der Waals surface area (Å²) >= 11 is 0. The van der Waals surface area contributed by atoms with Crippen LogP contribution in [0.3, 0.4) is 0 Å². The molecule has 0 radical (unpaired) electrons. The van der Waals surface area contributed by atoms with Crippen LogP contribution >= 0.6 is 0 Å². The van der Waals surface area contributed by atoms with Crippen molar-refractivity contribution in [3.8, 4) is 0 Å². The molecule has 0 amide bonds. The zero-order valence-electron chi connectivity index (χ0n) is 15.3. The lowest BCUT2D eigenvalue weighted by Crippen LogP contribution is -2.31. The van der Waals surface area contributed by atoms with Crippen molar-refractivity contribution in [2.75, 3.05) is 13.2 Å². The second kappa shape index (κ2) is 7.66. The SMILES string of the molecule is Cc1cc(C(=O)COC(=O)CNS(=O)(=O)c2ccccc2)c(C)n1C1CC1. The fourth-order valence-electron chi connectivity index (χ4n) is 3.07. The summed E-state index contributed by atoms with van der Waals surface area (Å²) in [6.45, 7) is 2.88. The number of aromatic nitrogens is 1. The standard InChI is InChI=1S/C19H22N2O5S/c1-13-10-17(14(2)21(13)15-8-9-15)18(22)12-26-19(23)11-20-27(24,25)16-6-4-3-5-7-16/h3-7,10,15,20H,8-9,11-12H2,1-2H3. The maximum atomic E-state index is 12.4. The second-order valence-corrected chi connectivity index (χ2v) is 8.37. The van der Waals surface area contributed by atoms with Crippen LogP contribution in [0.15, 0.2) is 41.3 Å². The highest BCUT2D eigenvalue weighted by atomic mass is 32.2. The summed E-state index contributed by atoms with van der Waals surface area (Å²) in [5, 5.41) is 0. The molecule has 0 atom stereocenters. The maximum absolute atomic E-state index is 12.4. The van der Waals surface area contributed by atoms with Crippen molar-refractivity contribution >= 4 is 21.8 Å². The first kappa shape index (κ1) is 19.3. The molecule has 1 N–H and O–H groups in total. The fraction of sp³-hybridized carbons (Fsp3) is 0.368. The van der Waals surface area contributed by atoms with Crippen LogP contribution in [0, 0.1) is 13.8 Å². The molecule has 8 heteroatoms. The van der Waals surface area contributed by atoms with Gasteiger partial charge in [0.15, 0.2) is 6.61 Å². The number of carbonyl (C=O) groups excluding carboxylic acids is 2. The number of nitrogens with one attached hydrogen (secondary N) is 1. The summed E-state index contributed by atoms with van der Waals surface area (Å²) in [5.74, 6) is -1.10. The summed E-state index contributed by atoms with van der Waals surface area (Å²) in [5.41, 5.74) is 2.43. The Labute approximate surface area is 158 Å². The van der Waals surface area contributed by atoms with E-state index in [9.17, 15) is 18.0 Å². The molecule has 0 bridgehead atoms. The van der Waals surface area contributed by atoms with E-state index in [1.807, 2.05) is 19.9 Å². The Morgan fingerprint density at radius 3 is 2.48 bits per heavy atom. The maximum Gasteiger partial charge on any atom is 0.321 e. The minimum atomic E-state index is -3.80. The molecule has 1 aliphatic rings. The van der Waals surface area contributed by atoms with Crippen molar-refractivity contribution < 1.29 is 22.7 Å². The van der Waals surface area contributed by atoms with Gasteiger partial charge in [-0.25, -0.2) is 8.42 Å². The number of ketones is 1. The number of hydrogen-bond acceptors (Lipinski definition) is 5. The summed E-state index contributed by atoms with van der Waals surface area (Å²) in [6, 6.07) is 9.98. The van der Waals surface area contributed by atoms with E-state index in [1.165, 1.54) is 12.1 Å². The highest BCUT2D eigenvalue weighted by Gasteiger charge is 2.28. The van der Waals surface area contributed by atoms with Crippen molar-refractivity contribution in [3.63, 3.8) is 0 Å². The fourth-order valence-corrected chi connectivity index (χ4v) is 4.06.